The molecule has 0 radical (unpaired) electrons. The summed E-state index contributed by atoms with van der Waals surface area (Å²) in [5.41, 5.74) is 0.400. The number of hydrogen-bond acceptors (Lipinski definition) is 6. The fraction of sp³-hybridized carbons (Fsp3) is 0.462. The van der Waals surface area contributed by atoms with Crippen LogP contribution >= 0.6 is 0 Å². The number of benzene rings is 1. The lowest BCUT2D eigenvalue weighted by atomic mass is 10.1. The van der Waals surface area contributed by atoms with Gasteiger partial charge in [0, 0.05) is 0 Å². The highest BCUT2D eigenvalue weighted by Crippen LogP contribution is 2.22. The van der Waals surface area contributed by atoms with E-state index in [1.54, 1.807) is 31.2 Å². The van der Waals surface area contributed by atoms with Crippen LogP contribution in [0.1, 0.15) is 18.6 Å². The zero-order valence-corrected chi connectivity index (χ0v) is 11.8. The maximum Gasteiger partial charge on any atom is 0.339 e. The Morgan fingerprint density at radius 1 is 1.35 bits per heavy atom. The number of aliphatic hydroxyl groups excluding tert-OH is 1. The number of carbonyl (C=O) groups is 1. The molecule has 0 aliphatic carbocycles. The van der Waals surface area contributed by atoms with E-state index in [1.807, 2.05) is 0 Å². The van der Waals surface area contributed by atoms with Gasteiger partial charge in [-0.25, -0.2) is 13.2 Å². The van der Waals surface area contributed by atoms with Gasteiger partial charge in [0.15, 0.2) is 15.9 Å². The maximum absolute atomic E-state index is 11.4. The first-order valence-electron chi connectivity index (χ1n) is 6.23. The average Bonchev–Trinajstić information content (AvgIpc) is 2.37. The SMILES string of the molecule is CCOC(=O)C(O)c1ccc(OC2CS(=O)(=O)C2)cc1. The topological polar surface area (TPSA) is 89.9 Å². The van der Waals surface area contributed by atoms with Crippen LogP contribution in [0.3, 0.4) is 0 Å². The van der Waals surface area contributed by atoms with E-state index < -0.39 is 21.9 Å². The van der Waals surface area contributed by atoms with Crippen LogP contribution < -0.4 is 4.74 Å². The highest BCUT2D eigenvalue weighted by molar-refractivity contribution is 7.92. The summed E-state index contributed by atoms with van der Waals surface area (Å²) in [6.45, 7) is 1.86. The van der Waals surface area contributed by atoms with E-state index in [0.717, 1.165) is 0 Å². The van der Waals surface area contributed by atoms with Gasteiger partial charge < -0.3 is 14.6 Å². The molecule has 1 aliphatic heterocycles. The molecule has 2 rings (SSSR count). The van der Waals surface area contributed by atoms with Crippen LogP contribution in [0.4, 0.5) is 0 Å². The predicted molar refractivity (Wildman–Crippen MR) is 71.1 cm³/mol. The molecule has 0 spiro atoms. The number of sulfone groups is 1. The molecule has 6 nitrogen and oxygen atoms in total. The van der Waals surface area contributed by atoms with Gasteiger partial charge in [-0.1, -0.05) is 12.1 Å². The molecular formula is C13H16O6S. The molecular weight excluding hydrogens is 284 g/mol. The Hall–Kier alpha value is -1.60. The van der Waals surface area contributed by atoms with Gasteiger partial charge in [0.25, 0.3) is 0 Å². The molecule has 1 unspecified atom stereocenters. The van der Waals surface area contributed by atoms with Crippen LogP contribution in [0.25, 0.3) is 0 Å². The minimum absolute atomic E-state index is 0.0280. The van der Waals surface area contributed by atoms with Crippen molar-refractivity contribution < 1.29 is 27.8 Å². The van der Waals surface area contributed by atoms with Gasteiger partial charge in [-0.2, -0.15) is 0 Å². The molecule has 1 fully saturated rings. The van der Waals surface area contributed by atoms with Crippen LogP contribution in [0.2, 0.25) is 0 Å². The number of rotatable bonds is 5. The van der Waals surface area contributed by atoms with Crippen LogP contribution in [0.5, 0.6) is 5.75 Å². The predicted octanol–water partition coefficient (Wildman–Crippen LogP) is 0.459. The highest BCUT2D eigenvalue weighted by atomic mass is 32.2. The van der Waals surface area contributed by atoms with Crippen molar-refractivity contribution >= 4 is 15.8 Å². The molecule has 20 heavy (non-hydrogen) atoms. The molecule has 1 aromatic carbocycles. The van der Waals surface area contributed by atoms with Gasteiger partial charge in [0.1, 0.15) is 11.9 Å². The zero-order chi connectivity index (χ0) is 14.8. The second kappa shape index (κ2) is 5.80. The smallest absolute Gasteiger partial charge is 0.339 e. The van der Waals surface area contributed by atoms with Crippen LogP contribution in [-0.2, 0) is 19.4 Å². The second-order valence-corrected chi connectivity index (χ2v) is 6.69. The number of esters is 1. The van der Waals surface area contributed by atoms with Gasteiger partial charge >= 0.3 is 5.97 Å². The van der Waals surface area contributed by atoms with Crippen molar-refractivity contribution in [1.82, 2.24) is 0 Å². The van der Waals surface area contributed by atoms with E-state index in [0.29, 0.717) is 11.3 Å². The number of ether oxygens (including phenoxy) is 2. The monoisotopic (exact) mass is 300 g/mol. The first-order chi connectivity index (χ1) is 9.41. The van der Waals surface area contributed by atoms with E-state index in [1.165, 1.54) is 0 Å². The number of carbonyl (C=O) groups excluding carboxylic acids is 1. The zero-order valence-electron chi connectivity index (χ0n) is 11.0. The van der Waals surface area contributed by atoms with Gasteiger partial charge in [-0.3, -0.25) is 0 Å². The standard InChI is InChI=1S/C13H16O6S/c1-2-18-13(15)12(14)9-3-5-10(6-4-9)19-11-7-20(16,17)8-11/h3-6,11-12,14H,2,7-8H2,1H3. The van der Waals surface area contributed by atoms with Crippen molar-refractivity contribution in [3.63, 3.8) is 0 Å². The van der Waals surface area contributed by atoms with Crippen LogP contribution in [-0.4, -0.2) is 43.7 Å². The summed E-state index contributed by atoms with van der Waals surface area (Å²) in [6, 6.07) is 6.26. The summed E-state index contributed by atoms with van der Waals surface area (Å²) in [7, 11) is -2.92. The van der Waals surface area contributed by atoms with Gasteiger partial charge in [0.05, 0.1) is 18.1 Å². The molecule has 1 atom stereocenters. The fourth-order valence-electron chi connectivity index (χ4n) is 1.86. The van der Waals surface area contributed by atoms with E-state index in [-0.39, 0.29) is 24.2 Å². The molecule has 1 aromatic rings. The Morgan fingerprint density at radius 3 is 2.45 bits per heavy atom. The maximum atomic E-state index is 11.4. The minimum atomic E-state index is -2.92. The summed E-state index contributed by atoms with van der Waals surface area (Å²) in [5, 5.41) is 9.72. The first-order valence-corrected chi connectivity index (χ1v) is 8.05. The summed E-state index contributed by atoms with van der Waals surface area (Å²) >= 11 is 0. The Morgan fingerprint density at radius 2 is 1.95 bits per heavy atom. The van der Waals surface area contributed by atoms with E-state index in [4.69, 9.17) is 9.47 Å². The van der Waals surface area contributed by atoms with Crippen molar-refractivity contribution in [2.75, 3.05) is 18.1 Å². The van der Waals surface area contributed by atoms with Gasteiger partial charge in [0.2, 0.25) is 0 Å². The van der Waals surface area contributed by atoms with Gasteiger partial charge in [-0.15, -0.1) is 0 Å². The lowest BCUT2D eigenvalue weighted by molar-refractivity contribution is -0.153. The van der Waals surface area contributed by atoms with Crippen molar-refractivity contribution in [1.29, 1.82) is 0 Å². The van der Waals surface area contributed by atoms with Gasteiger partial charge in [-0.05, 0) is 24.6 Å². The quantitative estimate of drug-likeness (QED) is 0.795. The first kappa shape index (κ1) is 14.8. The Labute approximate surface area is 117 Å². The molecule has 1 saturated heterocycles. The van der Waals surface area contributed by atoms with Crippen molar-refractivity contribution in [3.8, 4) is 5.75 Å². The van der Waals surface area contributed by atoms with Crippen LogP contribution in [0.15, 0.2) is 24.3 Å². The second-order valence-electron chi connectivity index (χ2n) is 4.54. The normalized spacial score (nSPS) is 18.9. The lowest BCUT2D eigenvalue weighted by Crippen LogP contribution is -2.45. The fourth-order valence-corrected chi connectivity index (χ4v) is 3.04. The van der Waals surface area contributed by atoms with Crippen molar-refractivity contribution in [2.24, 2.45) is 0 Å². The molecule has 0 saturated carbocycles. The molecule has 0 bridgehead atoms. The summed E-state index contributed by atoms with van der Waals surface area (Å²) < 4.78 is 32.2. The largest absolute Gasteiger partial charge is 0.488 e. The molecule has 0 amide bonds. The van der Waals surface area contributed by atoms with E-state index in [9.17, 15) is 18.3 Å². The number of aliphatic hydroxyl groups is 1. The lowest BCUT2D eigenvalue weighted by Gasteiger charge is -2.26. The molecule has 7 heteroatoms. The Kier molecular flexibility index (Phi) is 4.29. The molecule has 110 valence electrons. The molecule has 1 aliphatic rings. The van der Waals surface area contributed by atoms with E-state index >= 15 is 0 Å². The summed E-state index contributed by atoms with van der Waals surface area (Å²) in [5.74, 6) is -0.142. The minimum Gasteiger partial charge on any atom is -0.488 e. The van der Waals surface area contributed by atoms with E-state index in [2.05, 4.69) is 0 Å². The van der Waals surface area contributed by atoms with Crippen LogP contribution in [0, 0.1) is 0 Å². The van der Waals surface area contributed by atoms with Crippen molar-refractivity contribution in [2.45, 2.75) is 19.1 Å². The van der Waals surface area contributed by atoms with Crippen molar-refractivity contribution in [3.05, 3.63) is 29.8 Å². The third-order valence-electron chi connectivity index (χ3n) is 2.89. The third kappa shape index (κ3) is 3.49. The Balaban J connectivity index is 1.94. The molecule has 1 N–H and O–H groups in total. The third-order valence-corrected chi connectivity index (χ3v) is 4.65. The molecule has 1 heterocycles. The average molecular weight is 300 g/mol. The summed E-state index contributed by atoms with van der Waals surface area (Å²) in [4.78, 5) is 11.4. The number of hydrogen-bond donors (Lipinski definition) is 1. The summed E-state index contributed by atoms with van der Waals surface area (Å²) in [6.07, 6.45) is -1.64. The highest BCUT2D eigenvalue weighted by Gasteiger charge is 2.35. The molecule has 0 aromatic heterocycles. The Bertz CT molecular complexity index is 565.